The first-order valence-corrected chi connectivity index (χ1v) is 12.4. The molecule has 6 nitrogen and oxygen atoms in total. The van der Waals surface area contributed by atoms with Gasteiger partial charge >= 0.3 is 0 Å². The topological polar surface area (TPSA) is 70.5 Å². The van der Waals surface area contributed by atoms with Gasteiger partial charge in [0.1, 0.15) is 24.1 Å². The Morgan fingerprint density at radius 3 is 2.64 bits per heavy atom. The molecule has 2 aliphatic heterocycles. The SMILES string of the molecule is Cc1nc(N[C@H](C)c2cccc(C(F)(F)CO)c2F)c2cc(N3CC4(COC4)C3)c3c(c2n1)CCC3. The highest BCUT2D eigenvalue weighted by molar-refractivity contribution is 5.96. The van der Waals surface area contributed by atoms with Gasteiger partial charge in [0.25, 0.3) is 5.92 Å². The molecule has 0 radical (unpaired) electrons. The van der Waals surface area contributed by atoms with Crippen molar-refractivity contribution < 1.29 is 23.0 Å². The van der Waals surface area contributed by atoms with Crippen LogP contribution in [0.2, 0.25) is 0 Å². The fourth-order valence-corrected chi connectivity index (χ4v) is 5.89. The average Bonchev–Trinajstić information content (AvgIpc) is 3.28. The molecular weight excluding hydrogens is 469 g/mol. The van der Waals surface area contributed by atoms with Crippen molar-refractivity contribution >= 4 is 22.4 Å². The van der Waals surface area contributed by atoms with E-state index in [1.165, 1.54) is 28.9 Å². The zero-order chi connectivity index (χ0) is 25.2. The monoisotopic (exact) mass is 498 g/mol. The second-order valence-corrected chi connectivity index (χ2v) is 10.5. The summed E-state index contributed by atoms with van der Waals surface area (Å²) in [5.74, 6) is -3.54. The first-order chi connectivity index (χ1) is 17.2. The first kappa shape index (κ1) is 23.5. The number of rotatable bonds is 6. The molecule has 1 aliphatic carbocycles. The molecule has 1 aromatic heterocycles. The van der Waals surface area contributed by atoms with Gasteiger partial charge in [0.2, 0.25) is 0 Å². The minimum Gasteiger partial charge on any atom is -0.390 e. The second kappa shape index (κ2) is 8.31. The smallest absolute Gasteiger partial charge is 0.298 e. The maximum absolute atomic E-state index is 15.1. The summed E-state index contributed by atoms with van der Waals surface area (Å²) in [6.07, 6.45) is 3.03. The van der Waals surface area contributed by atoms with E-state index in [1.807, 2.05) is 6.92 Å². The van der Waals surface area contributed by atoms with Crippen molar-refractivity contribution in [2.24, 2.45) is 5.41 Å². The Kier molecular flexibility index (Phi) is 5.42. The number of ether oxygens (including phenoxy) is 1. The van der Waals surface area contributed by atoms with Gasteiger partial charge in [0, 0.05) is 29.7 Å². The molecule has 3 aliphatic rings. The molecule has 2 N–H and O–H groups in total. The highest BCUT2D eigenvalue weighted by Gasteiger charge is 2.49. The van der Waals surface area contributed by atoms with Crippen LogP contribution < -0.4 is 10.2 Å². The summed E-state index contributed by atoms with van der Waals surface area (Å²) in [5.41, 5.74) is 4.24. The van der Waals surface area contributed by atoms with Crippen molar-refractivity contribution in [3.63, 3.8) is 0 Å². The number of aromatic nitrogens is 2. The summed E-state index contributed by atoms with van der Waals surface area (Å²) in [7, 11) is 0. The minimum absolute atomic E-state index is 0.0843. The van der Waals surface area contributed by atoms with Crippen molar-refractivity contribution in [3.8, 4) is 0 Å². The van der Waals surface area contributed by atoms with Gasteiger partial charge in [-0.1, -0.05) is 12.1 Å². The average molecular weight is 499 g/mol. The van der Waals surface area contributed by atoms with Gasteiger partial charge in [0.05, 0.1) is 35.8 Å². The van der Waals surface area contributed by atoms with E-state index in [0.717, 1.165) is 62.5 Å². The summed E-state index contributed by atoms with van der Waals surface area (Å²) in [4.78, 5) is 11.8. The van der Waals surface area contributed by atoms with E-state index in [4.69, 9.17) is 14.8 Å². The lowest BCUT2D eigenvalue weighted by Gasteiger charge is -2.56. The minimum atomic E-state index is -3.66. The normalized spacial score (nSPS) is 19.2. The third-order valence-corrected chi connectivity index (χ3v) is 7.80. The molecule has 0 saturated carbocycles. The maximum Gasteiger partial charge on any atom is 0.298 e. The fraction of sp³-hybridized carbons (Fsp3) is 0.481. The lowest BCUT2D eigenvalue weighted by molar-refractivity contribution is -0.127. The Bertz CT molecular complexity index is 1350. The molecule has 1 atom stereocenters. The number of aliphatic hydroxyl groups excluding tert-OH is 1. The quantitative estimate of drug-likeness (QED) is 0.515. The molecule has 3 heterocycles. The fourth-order valence-electron chi connectivity index (χ4n) is 5.89. The molecule has 0 unspecified atom stereocenters. The molecule has 6 rings (SSSR count). The largest absolute Gasteiger partial charge is 0.390 e. The Morgan fingerprint density at radius 1 is 1.19 bits per heavy atom. The van der Waals surface area contributed by atoms with Crippen molar-refractivity contribution in [2.45, 2.75) is 45.1 Å². The molecule has 2 fully saturated rings. The molecule has 9 heteroatoms. The number of aryl methyl sites for hydroxylation is 2. The molecule has 3 aromatic rings. The third-order valence-electron chi connectivity index (χ3n) is 7.80. The lowest BCUT2D eigenvalue weighted by Crippen LogP contribution is -2.66. The van der Waals surface area contributed by atoms with Gasteiger partial charge in [-0.3, -0.25) is 0 Å². The van der Waals surface area contributed by atoms with Gasteiger partial charge < -0.3 is 20.1 Å². The summed E-state index contributed by atoms with van der Waals surface area (Å²) in [5, 5.41) is 13.2. The second-order valence-electron chi connectivity index (χ2n) is 10.5. The van der Waals surface area contributed by atoms with Gasteiger partial charge in [-0.2, -0.15) is 8.78 Å². The molecule has 190 valence electrons. The van der Waals surface area contributed by atoms with E-state index in [0.29, 0.717) is 11.6 Å². The number of nitrogens with one attached hydrogen (secondary N) is 1. The maximum atomic E-state index is 15.1. The lowest BCUT2D eigenvalue weighted by atomic mass is 9.77. The molecular formula is C27H29F3N4O2. The summed E-state index contributed by atoms with van der Waals surface area (Å²) in [6, 6.07) is 5.35. The predicted octanol–water partition coefficient (Wildman–Crippen LogP) is 4.66. The Balaban J connectivity index is 1.39. The number of hydrogen-bond donors (Lipinski definition) is 2. The zero-order valence-corrected chi connectivity index (χ0v) is 20.4. The van der Waals surface area contributed by atoms with Crippen LogP contribution in [0, 0.1) is 18.2 Å². The predicted molar refractivity (Wildman–Crippen MR) is 131 cm³/mol. The van der Waals surface area contributed by atoms with E-state index in [2.05, 4.69) is 21.3 Å². The highest BCUT2D eigenvalue weighted by atomic mass is 19.3. The van der Waals surface area contributed by atoms with Crippen LogP contribution >= 0.6 is 0 Å². The molecule has 2 saturated heterocycles. The summed E-state index contributed by atoms with van der Waals surface area (Å²) in [6.45, 7) is 5.64. The Labute approximate surface area is 207 Å². The Morgan fingerprint density at radius 2 is 1.94 bits per heavy atom. The van der Waals surface area contributed by atoms with E-state index in [1.54, 1.807) is 6.92 Å². The number of anilines is 2. The Hall–Kier alpha value is -2.91. The van der Waals surface area contributed by atoms with Crippen molar-refractivity contribution in [1.82, 2.24) is 9.97 Å². The molecule has 36 heavy (non-hydrogen) atoms. The van der Waals surface area contributed by atoms with Crippen molar-refractivity contribution in [2.75, 3.05) is 43.1 Å². The van der Waals surface area contributed by atoms with Crippen LogP contribution in [0.25, 0.3) is 10.9 Å². The number of aliphatic hydroxyl groups is 1. The van der Waals surface area contributed by atoms with Crippen LogP contribution in [-0.4, -0.2) is 48.0 Å². The zero-order valence-electron chi connectivity index (χ0n) is 20.4. The van der Waals surface area contributed by atoms with Gasteiger partial charge in [-0.25, -0.2) is 14.4 Å². The van der Waals surface area contributed by atoms with Crippen LogP contribution in [0.5, 0.6) is 0 Å². The summed E-state index contributed by atoms with van der Waals surface area (Å²) >= 11 is 0. The number of halogens is 3. The van der Waals surface area contributed by atoms with Crippen LogP contribution in [0.15, 0.2) is 24.3 Å². The third kappa shape index (κ3) is 3.63. The number of nitrogens with zero attached hydrogens (tertiary/aromatic N) is 3. The number of alkyl halides is 2. The summed E-state index contributed by atoms with van der Waals surface area (Å²) < 4.78 is 48.8. The standard InChI is InChI=1S/C27H29F3N4O2/c1-15(17-5-4-8-21(23(17)28)27(29,30)12-35)31-25-20-9-22(34-10-26(11-34)13-36-14-26)18-6-3-7-19(18)24(20)32-16(2)33-25/h4-5,8-9,15,35H,3,6-7,10-14H2,1-2H3,(H,31,32,33)/t15-/m1/s1. The van der Waals surface area contributed by atoms with Crippen molar-refractivity contribution in [3.05, 3.63) is 58.2 Å². The number of hydrogen-bond acceptors (Lipinski definition) is 6. The van der Waals surface area contributed by atoms with E-state index < -0.39 is 30.0 Å². The van der Waals surface area contributed by atoms with E-state index in [9.17, 15) is 8.78 Å². The van der Waals surface area contributed by atoms with Crippen LogP contribution in [-0.2, 0) is 23.5 Å². The molecule has 1 spiro atoms. The highest BCUT2D eigenvalue weighted by Crippen LogP contribution is 2.46. The molecule has 2 aromatic carbocycles. The number of benzene rings is 2. The van der Waals surface area contributed by atoms with Crippen molar-refractivity contribution in [1.29, 1.82) is 0 Å². The van der Waals surface area contributed by atoms with E-state index >= 15 is 4.39 Å². The van der Waals surface area contributed by atoms with Crippen LogP contribution in [0.4, 0.5) is 24.7 Å². The number of fused-ring (bicyclic) bond motifs is 3. The molecule has 0 bridgehead atoms. The van der Waals surface area contributed by atoms with E-state index in [-0.39, 0.29) is 11.0 Å². The van der Waals surface area contributed by atoms with Gasteiger partial charge in [0.15, 0.2) is 0 Å². The van der Waals surface area contributed by atoms with Crippen LogP contribution in [0.1, 0.15) is 47.5 Å². The first-order valence-electron chi connectivity index (χ1n) is 12.4. The van der Waals surface area contributed by atoms with Gasteiger partial charge in [-0.05, 0) is 56.4 Å². The molecule has 0 amide bonds. The van der Waals surface area contributed by atoms with Gasteiger partial charge in [-0.15, -0.1) is 0 Å². The van der Waals surface area contributed by atoms with Crippen LogP contribution in [0.3, 0.4) is 0 Å².